The van der Waals surface area contributed by atoms with Crippen molar-refractivity contribution in [1.82, 2.24) is 0 Å². The molecule has 0 aromatic heterocycles. The van der Waals surface area contributed by atoms with Gasteiger partial charge in [0.2, 0.25) is 0 Å². The molecule has 0 saturated carbocycles. The Morgan fingerprint density at radius 1 is 1.40 bits per heavy atom. The van der Waals surface area contributed by atoms with E-state index in [0.717, 1.165) is 5.56 Å². The number of nitrogens with two attached hydrogens (primary N) is 1. The standard InChI is InChI=1S/C10H14ClNO2S/c1-15(13,14)7-6-10(12)8-4-2-3-5-9(8)11/h2-5,10H,6-7,12H2,1H3. The lowest BCUT2D eigenvalue weighted by Crippen LogP contribution is -2.15. The van der Waals surface area contributed by atoms with Crippen LogP contribution in [0.1, 0.15) is 18.0 Å². The predicted molar refractivity (Wildman–Crippen MR) is 62.7 cm³/mol. The molecule has 1 unspecified atom stereocenters. The lowest BCUT2D eigenvalue weighted by molar-refractivity contribution is 0.592. The Morgan fingerprint density at radius 3 is 2.53 bits per heavy atom. The topological polar surface area (TPSA) is 60.2 Å². The van der Waals surface area contributed by atoms with Crippen LogP contribution in [0.3, 0.4) is 0 Å². The second-order valence-electron chi connectivity index (χ2n) is 3.55. The van der Waals surface area contributed by atoms with Crippen molar-refractivity contribution in [2.75, 3.05) is 12.0 Å². The SMILES string of the molecule is CS(=O)(=O)CCC(N)c1ccccc1Cl. The number of sulfone groups is 1. The highest BCUT2D eigenvalue weighted by Crippen LogP contribution is 2.23. The fourth-order valence-corrected chi connectivity index (χ4v) is 2.23. The number of rotatable bonds is 4. The lowest BCUT2D eigenvalue weighted by atomic mass is 10.1. The van der Waals surface area contributed by atoms with Crippen LogP contribution in [0.25, 0.3) is 0 Å². The predicted octanol–water partition coefficient (Wildman–Crippen LogP) is 1.77. The Bertz CT molecular complexity index is 431. The Hall–Kier alpha value is -0.580. The van der Waals surface area contributed by atoms with Crippen molar-refractivity contribution in [2.45, 2.75) is 12.5 Å². The first-order valence-corrected chi connectivity index (χ1v) is 7.02. The molecule has 1 atom stereocenters. The van der Waals surface area contributed by atoms with E-state index in [1.807, 2.05) is 18.2 Å². The van der Waals surface area contributed by atoms with E-state index in [0.29, 0.717) is 11.4 Å². The van der Waals surface area contributed by atoms with Gasteiger partial charge in [0, 0.05) is 17.3 Å². The Labute approximate surface area is 95.2 Å². The maximum absolute atomic E-state index is 11.0. The fourth-order valence-electron chi connectivity index (χ4n) is 1.27. The number of benzene rings is 1. The fraction of sp³-hybridized carbons (Fsp3) is 0.400. The molecule has 0 aliphatic rings. The van der Waals surface area contributed by atoms with Gasteiger partial charge in [-0.3, -0.25) is 0 Å². The summed E-state index contributed by atoms with van der Waals surface area (Å²) in [6.45, 7) is 0. The molecule has 1 aromatic carbocycles. The highest BCUT2D eigenvalue weighted by Gasteiger charge is 2.12. The summed E-state index contributed by atoms with van der Waals surface area (Å²) in [4.78, 5) is 0. The zero-order chi connectivity index (χ0) is 11.5. The Kier molecular flexibility index (Phi) is 4.13. The summed E-state index contributed by atoms with van der Waals surface area (Å²) in [5.74, 6) is 0.0827. The van der Waals surface area contributed by atoms with Gasteiger partial charge in [-0.1, -0.05) is 29.8 Å². The van der Waals surface area contributed by atoms with Crippen LogP contribution in [0.15, 0.2) is 24.3 Å². The van der Waals surface area contributed by atoms with Crippen molar-refractivity contribution in [3.05, 3.63) is 34.9 Å². The van der Waals surface area contributed by atoms with E-state index in [1.165, 1.54) is 6.26 Å². The normalized spacial score (nSPS) is 13.8. The molecule has 0 bridgehead atoms. The highest BCUT2D eigenvalue weighted by molar-refractivity contribution is 7.90. The number of hydrogen-bond acceptors (Lipinski definition) is 3. The van der Waals surface area contributed by atoms with Gasteiger partial charge in [-0.15, -0.1) is 0 Å². The van der Waals surface area contributed by atoms with Gasteiger partial charge in [0.15, 0.2) is 0 Å². The minimum absolute atomic E-state index is 0.0827. The molecule has 5 heteroatoms. The summed E-state index contributed by atoms with van der Waals surface area (Å²) < 4.78 is 21.9. The summed E-state index contributed by atoms with van der Waals surface area (Å²) in [6.07, 6.45) is 1.59. The molecule has 0 radical (unpaired) electrons. The van der Waals surface area contributed by atoms with Crippen molar-refractivity contribution in [3.8, 4) is 0 Å². The van der Waals surface area contributed by atoms with Crippen molar-refractivity contribution >= 4 is 21.4 Å². The second-order valence-corrected chi connectivity index (χ2v) is 6.21. The summed E-state index contributed by atoms with van der Waals surface area (Å²) in [5, 5.41) is 0.582. The smallest absolute Gasteiger partial charge is 0.147 e. The van der Waals surface area contributed by atoms with Crippen LogP contribution in [0.2, 0.25) is 5.02 Å². The van der Waals surface area contributed by atoms with Crippen molar-refractivity contribution in [1.29, 1.82) is 0 Å². The van der Waals surface area contributed by atoms with E-state index in [4.69, 9.17) is 17.3 Å². The maximum Gasteiger partial charge on any atom is 0.147 e. The molecule has 0 aliphatic carbocycles. The van der Waals surface area contributed by atoms with Crippen LogP contribution in [0.5, 0.6) is 0 Å². The molecule has 0 spiro atoms. The molecule has 1 rings (SSSR count). The molecule has 84 valence electrons. The van der Waals surface area contributed by atoms with Gasteiger partial charge in [-0.25, -0.2) is 8.42 Å². The average molecular weight is 248 g/mol. The highest BCUT2D eigenvalue weighted by atomic mass is 35.5. The largest absolute Gasteiger partial charge is 0.324 e. The third-order valence-electron chi connectivity index (χ3n) is 2.10. The van der Waals surface area contributed by atoms with E-state index in [-0.39, 0.29) is 11.8 Å². The maximum atomic E-state index is 11.0. The third-order valence-corrected chi connectivity index (χ3v) is 3.43. The van der Waals surface area contributed by atoms with Gasteiger partial charge in [0.1, 0.15) is 9.84 Å². The van der Waals surface area contributed by atoms with Crippen molar-refractivity contribution < 1.29 is 8.42 Å². The Balaban J connectivity index is 2.70. The van der Waals surface area contributed by atoms with Gasteiger partial charge in [-0.05, 0) is 18.1 Å². The van der Waals surface area contributed by atoms with Crippen LogP contribution < -0.4 is 5.73 Å². The van der Waals surface area contributed by atoms with E-state index in [9.17, 15) is 8.42 Å². The molecule has 0 saturated heterocycles. The lowest BCUT2D eigenvalue weighted by Gasteiger charge is -2.12. The first-order chi connectivity index (χ1) is 6.90. The summed E-state index contributed by atoms with van der Waals surface area (Å²) in [6, 6.07) is 6.89. The monoisotopic (exact) mass is 247 g/mol. The molecule has 1 aromatic rings. The molecule has 3 nitrogen and oxygen atoms in total. The summed E-state index contributed by atoms with van der Waals surface area (Å²) >= 11 is 5.94. The summed E-state index contributed by atoms with van der Waals surface area (Å²) in [5.41, 5.74) is 6.65. The molecular weight excluding hydrogens is 234 g/mol. The van der Waals surface area contributed by atoms with Crippen molar-refractivity contribution in [2.24, 2.45) is 5.73 Å². The van der Waals surface area contributed by atoms with Crippen LogP contribution in [-0.2, 0) is 9.84 Å². The van der Waals surface area contributed by atoms with E-state index in [1.54, 1.807) is 6.07 Å². The van der Waals surface area contributed by atoms with E-state index < -0.39 is 9.84 Å². The Morgan fingerprint density at radius 2 is 2.00 bits per heavy atom. The van der Waals surface area contributed by atoms with Crippen LogP contribution in [0.4, 0.5) is 0 Å². The minimum atomic E-state index is -2.96. The first-order valence-electron chi connectivity index (χ1n) is 4.58. The van der Waals surface area contributed by atoms with Crippen LogP contribution in [-0.4, -0.2) is 20.4 Å². The summed E-state index contributed by atoms with van der Waals surface area (Å²) in [7, 11) is -2.96. The number of hydrogen-bond donors (Lipinski definition) is 1. The number of halogens is 1. The van der Waals surface area contributed by atoms with Gasteiger partial charge < -0.3 is 5.73 Å². The molecule has 0 amide bonds. The van der Waals surface area contributed by atoms with E-state index >= 15 is 0 Å². The van der Waals surface area contributed by atoms with Crippen molar-refractivity contribution in [3.63, 3.8) is 0 Å². The molecule has 0 fully saturated rings. The van der Waals surface area contributed by atoms with E-state index in [2.05, 4.69) is 0 Å². The van der Waals surface area contributed by atoms with Gasteiger partial charge in [0.25, 0.3) is 0 Å². The third kappa shape index (κ3) is 4.20. The average Bonchev–Trinajstić information content (AvgIpc) is 2.14. The minimum Gasteiger partial charge on any atom is -0.324 e. The van der Waals surface area contributed by atoms with Crippen LogP contribution >= 0.6 is 11.6 Å². The zero-order valence-corrected chi connectivity index (χ0v) is 10.1. The van der Waals surface area contributed by atoms with Gasteiger partial charge >= 0.3 is 0 Å². The molecule has 0 aliphatic heterocycles. The molecule has 0 heterocycles. The van der Waals surface area contributed by atoms with Crippen LogP contribution in [0, 0.1) is 0 Å². The molecule has 15 heavy (non-hydrogen) atoms. The van der Waals surface area contributed by atoms with Gasteiger partial charge in [0.05, 0.1) is 5.75 Å². The molecular formula is C10H14ClNO2S. The quantitative estimate of drug-likeness (QED) is 0.882. The first kappa shape index (κ1) is 12.5. The van der Waals surface area contributed by atoms with Gasteiger partial charge in [-0.2, -0.15) is 0 Å². The molecule has 2 N–H and O–H groups in total. The second kappa shape index (κ2) is 4.96. The zero-order valence-electron chi connectivity index (χ0n) is 8.48.